The van der Waals surface area contributed by atoms with E-state index in [1.807, 2.05) is 79.0 Å². The second-order valence-electron chi connectivity index (χ2n) is 7.64. The number of nitrogens with zero attached hydrogens (tertiary/aromatic N) is 1. The van der Waals surface area contributed by atoms with Crippen LogP contribution in [0.3, 0.4) is 0 Å². The minimum absolute atomic E-state index is 0.0865. The third-order valence-electron chi connectivity index (χ3n) is 5.41. The second-order valence-corrected chi connectivity index (χ2v) is 7.64. The van der Waals surface area contributed by atoms with E-state index in [1.54, 1.807) is 18.3 Å². The molecule has 0 bridgehead atoms. The lowest BCUT2D eigenvalue weighted by atomic mass is 10.1. The summed E-state index contributed by atoms with van der Waals surface area (Å²) in [6, 6.07) is 26.5. The molecule has 5 rings (SSSR count). The third-order valence-corrected chi connectivity index (χ3v) is 5.41. The van der Waals surface area contributed by atoms with Crippen LogP contribution < -0.4 is 10.2 Å². The molecule has 162 valence electrons. The molecule has 6 nitrogen and oxygen atoms in total. The lowest BCUT2D eigenvalue weighted by Crippen LogP contribution is -2.17. The van der Waals surface area contributed by atoms with E-state index >= 15 is 0 Å². The number of aromatic hydroxyl groups is 1. The summed E-state index contributed by atoms with van der Waals surface area (Å²) in [7, 11) is 0. The van der Waals surface area contributed by atoms with Gasteiger partial charge in [0, 0.05) is 28.7 Å². The minimum Gasteiger partial charge on any atom is -0.507 e. The lowest BCUT2D eigenvalue weighted by molar-refractivity contribution is 0.0952. The molecule has 3 N–H and O–H groups in total. The molecule has 0 radical (unpaired) electrons. The van der Waals surface area contributed by atoms with Crippen LogP contribution in [0.1, 0.15) is 21.5 Å². The fourth-order valence-electron chi connectivity index (χ4n) is 3.70. The molecule has 1 aromatic heterocycles. The summed E-state index contributed by atoms with van der Waals surface area (Å²) in [5.74, 6) is 0.194. The maximum atomic E-state index is 12.5. The number of hydrogen-bond donors (Lipinski definition) is 3. The van der Waals surface area contributed by atoms with E-state index in [9.17, 15) is 9.90 Å². The van der Waals surface area contributed by atoms with Gasteiger partial charge in [0.25, 0.3) is 5.91 Å². The first-order valence-corrected chi connectivity index (χ1v) is 10.5. The van der Waals surface area contributed by atoms with E-state index < -0.39 is 5.91 Å². The SMILES string of the molecule is O=C(N/N=C/c1c[nH]c2cc(OCc3ccccc3)ccc12)c1cc2ccccc2cc1O. The Hall–Kier alpha value is -4.58. The first-order valence-electron chi connectivity index (χ1n) is 10.5. The van der Waals surface area contributed by atoms with Crippen molar-refractivity contribution in [3.63, 3.8) is 0 Å². The summed E-state index contributed by atoms with van der Waals surface area (Å²) in [6.07, 6.45) is 3.38. The number of hydrogen-bond acceptors (Lipinski definition) is 4. The Morgan fingerprint density at radius 2 is 1.73 bits per heavy atom. The van der Waals surface area contributed by atoms with E-state index in [-0.39, 0.29) is 11.3 Å². The van der Waals surface area contributed by atoms with Crippen molar-refractivity contribution in [3.8, 4) is 11.5 Å². The molecular formula is C27H21N3O3. The zero-order valence-corrected chi connectivity index (χ0v) is 17.7. The van der Waals surface area contributed by atoms with Gasteiger partial charge in [-0.15, -0.1) is 0 Å². The Morgan fingerprint density at radius 1 is 0.970 bits per heavy atom. The van der Waals surface area contributed by atoms with Crippen molar-refractivity contribution < 1.29 is 14.6 Å². The van der Waals surface area contributed by atoms with Crippen LogP contribution in [0.25, 0.3) is 21.7 Å². The number of nitrogens with one attached hydrogen (secondary N) is 2. The van der Waals surface area contributed by atoms with Gasteiger partial charge in [0.1, 0.15) is 18.1 Å². The summed E-state index contributed by atoms with van der Waals surface area (Å²) in [4.78, 5) is 15.7. The van der Waals surface area contributed by atoms with Gasteiger partial charge in [-0.25, -0.2) is 5.43 Å². The molecular weight excluding hydrogens is 414 g/mol. The van der Waals surface area contributed by atoms with Gasteiger partial charge in [-0.05, 0) is 40.6 Å². The molecule has 1 amide bonds. The molecule has 0 unspecified atom stereocenters. The first-order chi connectivity index (χ1) is 16.2. The van der Waals surface area contributed by atoms with Crippen molar-refractivity contribution >= 4 is 33.8 Å². The maximum absolute atomic E-state index is 12.5. The van der Waals surface area contributed by atoms with E-state index in [0.717, 1.165) is 38.6 Å². The number of hydrazone groups is 1. The van der Waals surface area contributed by atoms with Crippen molar-refractivity contribution in [1.82, 2.24) is 10.4 Å². The molecule has 0 spiro atoms. The average Bonchev–Trinajstić information content (AvgIpc) is 3.25. The Balaban J connectivity index is 1.27. The Morgan fingerprint density at radius 3 is 2.55 bits per heavy atom. The van der Waals surface area contributed by atoms with Crippen LogP contribution >= 0.6 is 0 Å². The highest BCUT2D eigenvalue weighted by Crippen LogP contribution is 2.25. The monoisotopic (exact) mass is 435 g/mol. The number of carbonyl (C=O) groups excluding carboxylic acids is 1. The topological polar surface area (TPSA) is 86.7 Å². The highest BCUT2D eigenvalue weighted by Gasteiger charge is 2.12. The standard InChI is InChI=1S/C27H21N3O3/c31-26-13-20-9-5-4-8-19(20)12-24(26)27(32)30-29-16-21-15-28-25-14-22(10-11-23(21)25)33-17-18-6-2-1-3-7-18/h1-16,28,31H,17H2,(H,30,32)/b29-16+. The maximum Gasteiger partial charge on any atom is 0.275 e. The highest BCUT2D eigenvalue weighted by atomic mass is 16.5. The largest absolute Gasteiger partial charge is 0.507 e. The van der Waals surface area contributed by atoms with Gasteiger partial charge in [0.2, 0.25) is 0 Å². The second kappa shape index (κ2) is 8.88. The summed E-state index contributed by atoms with van der Waals surface area (Å²) >= 11 is 0. The summed E-state index contributed by atoms with van der Waals surface area (Å²) in [5, 5.41) is 17.0. The molecule has 0 saturated heterocycles. The van der Waals surface area contributed by atoms with Crippen LogP contribution in [0.4, 0.5) is 0 Å². The van der Waals surface area contributed by atoms with Crippen LogP contribution in [0.15, 0.2) is 96.2 Å². The normalized spacial score (nSPS) is 11.3. The fourth-order valence-corrected chi connectivity index (χ4v) is 3.70. The van der Waals surface area contributed by atoms with Crippen molar-refractivity contribution in [3.05, 3.63) is 108 Å². The summed E-state index contributed by atoms with van der Waals surface area (Å²) < 4.78 is 5.88. The molecule has 0 aliphatic heterocycles. The number of fused-ring (bicyclic) bond motifs is 2. The van der Waals surface area contributed by atoms with Crippen molar-refractivity contribution in [2.45, 2.75) is 6.61 Å². The third kappa shape index (κ3) is 4.41. The Kier molecular flexibility index (Phi) is 5.47. The number of phenolic OH excluding ortho intramolecular Hbond substituents is 1. The number of benzene rings is 4. The number of aromatic amines is 1. The molecule has 0 saturated carbocycles. The van der Waals surface area contributed by atoms with Crippen LogP contribution in [0, 0.1) is 0 Å². The van der Waals surface area contributed by atoms with Gasteiger partial charge in [0.05, 0.1) is 11.8 Å². The first kappa shape index (κ1) is 20.3. The van der Waals surface area contributed by atoms with E-state index in [0.29, 0.717) is 6.61 Å². The molecule has 0 aliphatic rings. The molecule has 0 atom stereocenters. The van der Waals surface area contributed by atoms with E-state index in [1.165, 1.54) is 0 Å². The molecule has 0 fully saturated rings. The lowest BCUT2D eigenvalue weighted by Gasteiger charge is -2.06. The number of rotatable bonds is 6. The van der Waals surface area contributed by atoms with Crippen molar-refractivity contribution in [1.29, 1.82) is 0 Å². The smallest absolute Gasteiger partial charge is 0.275 e. The quantitative estimate of drug-likeness (QED) is 0.248. The van der Waals surface area contributed by atoms with Gasteiger partial charge in [-0.1, -0.05) is 54.6 Å². The summed E-state index contributed by atoms with van der Waals surface area (Å²) in [6.45, 7) is 0.495. The molecule has 33 heavy (non-hydrogen) atoms. The Bertz CT molecular complexity index is 1470. The van der Waals surface area contributed by atoms with Crippen molar-refractivity contribution in [2.75, 3.05) is 0 Å². The number of phenols is 1. The molecule has 1 heterocycles. The fraction of sp³-hybridized carbons (Fsp3) is 0.0370. The molecule has 6 heteroatoms. The van der Waals surface area contributed by atoms with Crippen molar-refractivity contribution in [2.24, 2.45) is 5.10 Å². The van der Waals surface area contributed by atoms with E-state index in [2.05, 4.69) is 15.5 Å². The zero-order chi connectivity index (χ0) is 22.6. The molecule has 0 aliphatic carbocycles. The van der Waals surface area contributed by atoms with Crippen LogP contribution in [0.2, 0.25) is 0 Å². The van der Waals surface area contributed by atoms with Crippen LogP contribution in [0.5, 0.6) is 11.5 Å². The minimum atomic E-state index is -0.481. The zero-order valence-electron chi connectivity index (χ0n) is 17.7. The summed E-state index contributed by atoms with van der Waals surface area (Å²) in [5.41, 5.74) is 5.49. The van der Waals surface area contributed by atoms with Gasteiger partial charge in [-0.3, -0.25) is 4.79 Å². The highest BCUT2D eigenvalue weighted by molar-refractivity contribution is 6.03. The predicted octanol–water partition coefficient (Wildman–Crippen LogP) is 5.37. The number of aromatic nitrogens is 1. The number of amides is 1. The van der Waals surface area contributed by atoms with Gasteiger partial charge in [0.15, 0.2) is 0 Å². The van der Waals surface area contributed by atoms with Crippen LogP contribution in [-0.4, -0.2) is 22.2 Å². The van der Waals surface area contributed by atoms with E-state index in [4.69, 9.17) is 4.74 Å². The Labute approximate surface area is 190 Å². The predicted molar refractivity (Wildman–Crippen MR) is 130 cm³/mol. The van der Waals surface area contributed by atoms with Gasteiger partial charge < -0.3 is 14.8 Å². The van der Waals surface area contributed by atoms with Gasteiger partial charge >= 0.3 is 0 Å². The van der Waals surface area contributed by atoms with Gasteiger partial charge in [-0.2, -0.15) is 5.10 Å². The average molecular weight is 435 g/mol. The number of carbonyl (C=O) groups is 1. The molecule has 4 aromatic carbocycles. The van der Waals surface area contributed by atoms with Crippen LogP contribution in [-0.2, 0) is 6.61 Å². The number of H-pyrrole nitrogens is 1. The number of ether oxygens (including phenoxy) is 1. The molecule has 5 aromatic rings.